The predicted octanol–water partition coefficient (Wildman–Crippen LogP) is 5.59. The number of likely N-dealkylation sites (tertiary alicyclic amines) is 1. The van der Waals surface area contributed by atoms with E-state index in [-0.39, 0.29) is 5.91 Å². The Bertz CT molecular complexity index is 1210. The van der Waals surface area contributed by atoms with Gasteiger partial charge in [0.25, 0.3) is 0 Å². The highest BCUT2D eigenvalue weighted by Gasteiger charge is 2.21. The smallest absolute Gasteiger partial charge is 0.226 e. The number of aryl methyl sites for hydroxylation is 2. The number of thiazole rings is 1. The van der Waals surface area contributed by atoms with E-state index in [2.05, 4.69) is 54.3 Å². The third kappa shape index (κ3) is 6.39. The first-order valence-corrected chi connectivity index (χ1v) is 13.5. The number of carbonyl (C=O) groups excluding carboxylic acids is 2. The monoisotopic (exact) mass is 504 g/mol. The van der Waals surface area contributed by atoms with Crippen molar-refractivity contribution in [2.24, 2.45) is 5.92 Å². The van der Waals surface area contributed by atoms with Crippen LogP contribution in [0.3, 0.4) is 0 Å². The molecule has 0 bridgehead atoms. The lowest BCUT2D eigenvalue weighted by Crippen LogP contribution is -2.31. The molecule has 0 radical (unpaired) electrons. The second-order valence-electron chi connectivity index (χ2n) is 9.91. The molecule has 1 N–H and O–H groups in total. The van der Waals surface area contributed by atoms with Gasteiger partial charge in [0, 0.05) is 41.7 Å². The minimum absolute atomic E-state index is 0.0976. The molecule has 3 aromatic rings. The van der Waals surface area contributed by atoms with E-state index in [0.29, 0.717) is 12.3 Å². The van der Waals surface area contributed by atoms with Gasteiger partial charge in [-0.05, 0) is 82.4 Å². The van der Waals surface area contributed by atoms with Crippen molar-refractivity contribution in [3.63, 3.8) is 0 Å². The predicted molar refractivity (Wildman–Crippen MR) is 149 cm³/mol. The van der Waals surface area contributed by atoms with Gasteiger partial charge in [0.05, 0.1) is 5.69 Å². The Morgan fingerprint density at radius 2 is 1.86 bits per heavy atom. The highest BCUT2D eigenvalue weighted by Crippen LogP contribution is 2.35. The normalized spacial score (nSPS) is 15.7. The molecule has 0 aliphatic carbocycles. The Balaban J connectivity index is 0.000000286. The zero-order valence-electron chi connectivity index (χ0n) is 21.7. The Morgan fingerprint density at radius 1 is 1.11 bits per heavy atom. The van der Waals surface area contributed by atoms with Crippen LogP contribution in [0.2, 0.25) is 0 Å². The van der Waals surface area contributed by atoms with Crippen LogP contribution in [0.25, 0.3) is 11.3 Å². The summed E-state index contributed by atoms with van der Waals surface area (Å²) in [6, 6.07) is 14.1. The van der Waals surface area contributed by atoms with Crippen molar-refractivity contribution in [2.75, 3.05) is 43.9 Å². The van der Waals surface area contributed by atoms with Gasteiger partial charge in [-0.1, -0.05) is 30.3 Å². The summed E-state index contributed by atoms with van der Waals surface area (Å²) in [6.07, 6.45) is 4.77. The molecule has 0 unspecified atom stereocenters. The highest BCUT2D eigenvalue weighted by atomic mass is 32.1. The van der Waals surface area contributed by atoms with Crippen LogP contribution in [0, 0.1) is 19.8 Å². The van der Waals surface area contributed by atoms with Crippen LogP contribution in [0.1, 0.15) is 45.6 Å². The first-order valence-electron chi connectivity index (χ1n) is 12.6. The van der Waals surface area contributed by atoms with Crippen LogP contribution >= 0.6 is 11.3 Å². The average molecular weight is 505 g/mol. The van der Waals surface area contributed by atoms with Gasteiger partial charge in [-0.2, -0.15) is 0 Å². The van der Waals surface area contributed by atoms with E-state index in [4.69, 9.17) is 4.98 Å². The van der Waals surface area contributed by atoms with Crippen molar-refractivity contribution in [3.05, 3.63) is 64.0 Å². The largest absolute Gasteiger partial charge is 0.374 e. The zero-order valence-corrected chi connectivity index (χ0v) is 22.5. The topological polar surface area (TPSA) is 65.5 Å². The Hall–Kier alpha value is -3.03. The summed E-state index contributed by atoms with van der Waals surface area (Å²) in [5.41, 5.74) is 6.65. The first kappa shape index (κ1) is 26.0. The third-order valence-electron chi connectivity index (χ3n) is 7.15. The summed E-state index contributed by atoms with van der Waals surface area (Å²) < 4.78 is 0. The molecule has 1 fully saturated rings. The van der Waals surface area contributed by atoms with Crippen LogP contribution in [-0.4, -0.2) is 55.8 Å². The van der Waals surface area contributed by atoms with E-state index in [1.54, 1.807) is 11.3 Å². The summed E-state index contributed by atoms with van der Waals surface area (Å²) in [6.45, 7) is 7.26. The van der Waals surface area contributed by atoms with Crippen LogP contribution in [0.15, 0.2) is 42.5 Å². The van der Waals surface area contributed by atoms with Gasteiger partial charge in [0.1, 0.15) is 6.29 Å². The minimum Gasteiger partial charge on any atom is -0.374 e. The van der Waals surface area contributed by atoms with Crippen LogP contribution in [-0.2, 0) is 11.2 Å². The molecule has 2 aromatic carbocycles. The van der Waals surface area contributed by atoms with Crippen molar-refractivity contribution in [3.8, 4) is 11.3 Å². The molecule has 2 aliphatic heterocycles. The number of hydrogen-bond acceptors (Lipinski definition) is 6. The maximum absolute atomic E-state index is 12.4. The highest BCUT2D eigenvalue weighted by molar-refractivity contribution is 7.16. The number of carbonyl (C=O) groups is 2. The van der Waals surface area contributed by atoms with Gasteiger partial charge in [-0.15, -0.1) is 11.3 Å². The molecule has 0 atom stereocenters. The lowest BCUT2D eigenvalue weighted by molar-refractivity contribution is -0.117. The van der Waals surface area contributed by atoms with Gasteiger partial charge in [-0.3, -0.25) is 9.59 Å². The molecule has 190 valence electrons. The number of piperidine rings is 1. The number of amides is 1. The van der Waals surface area contributed by atoms with E-state index in [0.717, 1.165) is 77.6 Å². The summed E-state index contributed by atoms with van der Waals surface area (Å²) in [5.74, 6) is 0.593. The molecular formula is C29H36N4O2S. The second-order valence-corrected chi connectivity index (χ2v) is 11.1. The summed E-state index contributed by atoms with van der Waals surface area (Å²) in [5, 5.41) is 3.76. The minimum atomic E-state index is 0.0976. The van der Waals surface area contributed by atoms with E-state index < -0.39 is 0 Å². The van der Waals surface area contributed by atoms with E-state index >= 15 is 0 Å². The number of anilines is 2. The van der Waals surface area contributed by atoms with Crippen molar-refractivity contribution < 1.29 is 9.59 Å². The molecular weight excluding hydrogens is 468 g/mol. The van der Waals surface area contributed by atoms with Crippen LogP contribution in [0.5, 0.6) is 0 Å². The average Bonchev–Trinajstić information content (AvgIpc) is 3.42. The third-order valence-corrected chi connectivity index (χ3v) is 8.04. The molecule has 7 heteroatoms. The fraction of sp³-hybridized carbons (Fsp3) is 0.414. The molecule has 2 aliphatic rings. The SMILES string of the molecule is Cc1ccccc1C=O.Cc1sc(NC(=O)CC2CCN(C)CC2)nc1-c1ccc2c(c1)CCN2C. The number of fused-ring (bicyclic) bond motifs is 1. The molecule has 1 amide bonds. The lowest BCUT2D eigenvalue weighted by atomic mass is 9.93. The summed E-state index contributed by atoms with van der Waals surface area (Å²) in [7, 11) is 4.28. The Kier molecular flexibility index (Phi) is 8.54. The number of rotatable bonds is 5. The number of nitrogens with zero attached hydrogens (tertiary/aromatic N) is 3. The van der Waals surface area contributed by atoms with E-state index in [1.165, 1.54) is 11.3 Å². The van der Waals surface area contributed by atoms with Crippen molar-refractivity contribution >= 4 is 34.3 Å². The van der Waals surface area contributed by atoms with Gasteiger partial charge in [-0.25, -0.2) is 4.98 Å². The van der Waals surface area contributed by atoms with Crippen LogP contribution < -0.4 is 10.2 Å². The maximum Gasteiger partial charge on any atom is 0.226 e. The fourth-order valence-corrected chi connectivity index (χ4v) is 5.70. The quantitative estimate of drug-likeness (QED) is 0.459. The summed E-state index contributed by atoms with van der Waals surface area (Å²) in [4.78, 5) is 33.2. The van der Waals surface area contributed by atoms with E-state index in [9.17, 15) is 9.59 Å². The Morgan fingerprint density at radius 3 is 2.56 bits per heavy atom. The molecule has 1 saturated heterocycles. The van der Waals surface area contributed by atoms with Gasteiger partial charge >= 0.3 is 0 Å². The molecule has 5 rings (SSSR count). The molecule has 0 saturated carbocycles. The van der Waals surface area contributed by atoms with Crippen molar-refractivity contribution in [1.29, 1.82) is 0 Å². The number of hydrogen-bond donors (Lipinski definition) is 1. The fourth-order valence-electron chi connectivity index (χ4n) is 4.85. The number of benzene rings is 2. The van der Waals surface area contributed by atoms with Gasteiger partial charge in [0.15, 0.2) is 5.13 Å². The second kappa shape index (κ2) is 11.8. The molecule has 1 aromatic heterocycles. The summed E-state index contributed by atoms with van der Waals surface area (Å²) >= 11 is 1.57. The number of nitrogens with one attached hydrogen (secondary N) is 1. The standard InChI is InChI=1S/C21H28N4OS.C8H8O/c1-14-20(17-4-5-18-16(13-17)8-11-25(18)3)23-21(27-14)22-19(26)12-15-6-9-24(2)10-7-15;1-7-4-2-3-5-8(7)6-9/h4-5,13,15H,6-12H2,1-3H3,(H,22,23,26);2-6H,1H3. The Labute approximate surface area is 218 Å². The van der Waals surface area contributed by atoms with Gasteiger partial charge in [0.2, 0.25) is 5.91 Å². The number of aromatic nitrogens is 1. The number of likely N-dealkylation sites (N-methyl/N-ethyl adjacent to an activating group) is 1. The zero-order chi connectivity index (χ0) is 25.7. The van der Waals surface area contributed by atoms with Crippen molar-refractivity contribution in [2.45, 2.75) is 39.5 Å². The maximum atomic E-state index is 12.4. The number of aldehydes is 1. The first-order chi connectivity index (χ1) is 17.3. The van der Waals surface area contributed by atoms with E-state index in [1.807, 2.05) is 31.2 Å². The molecule has 0 spiro atoms. The molecule has 6 nitrogen and oxygen atoms in total. The van der Waals surface area contributed by atoms with Gasteiger partial charge < -0.3 is 15.1 Å². The lowest BCUT2D eigenvalue weighted by Gasteiger charge is -2.28. The molecule has 36 heavy (non-hydrogen) atoms. The van der Waals surface area contributed by atoms with Crippen LogP contribution in [0.4, 0.5) is 10.8 Å². The molecule has 3 heterocycles. The van der Waals surface area contributed by atoms with Crippen molar-refractivity contribution in [1.82, 2.24) is 9.88 Å².